The van der Waals surface area contributed by atoms with E-state index in [1.165, 1.54) is 11.1 Å². The van der Waals surface area contributed by atoms with E-state index in [9.17, 15) is 0 Å². The summed E-state index contributed by atoms with van der Waals surface area (Å²) in [4.78, 5) is 0. The molecule has 0 saturated heterocycles. The lowest BCUT2D eigenvalue weighted by Gasteiger charge is -2.25. The SMILES string of the molecule is COc1ccc2c(c1OC)CCCC2N. The fourth-order valence-electron chi connectivity index (χ4n) is 2.27. The van der Waals surface area contributed by atoms with Crippen molar-refractivity contribution in [2.75, 3.05) is 14.2 Å². The molecule has 0 spiro atoms. The Balaban J connectivity index is 2.53. The van der Waals surface area contributed by atoms with Gasteiger partial charge in [-0.15, -0.1) is 0 Å². The summed E-state index contributed by atoms with van der Waals surface area (Å²) in [6, 6.07) is 4.14. The summed E-state index contributed by atoms with van der Waals surface area (Å²) in [6.45, 7) is 0. The standard InChI is InChI=1S/C12H17NO2/c1-14-11-7-6-8-9(12(11)15-2)4-3-5-10(8)13/h6-7,10H,3-5,13H2,1-2H3. The second kappa shape index (κ2) is 4.11. The van der Waals surface area contributed by atoms with Gasteiger partial charge in [0.1, 0.15) is 0 Å². The molecule has 3 nitrogen and oxygen atoms in total. The minimum Gasteiger partial charge on any atom is -0.493 e. The Morgan fingerprint density at radius 2 is 2.07 bits per heavy atom. The molecule has 0 aromatic heterocycles. The van der Waals surface area contributed by atoms with Gasteiger partial charge in [-0.25, -0.2) is 0 Å². The van der Waals surface area contributed by atoms with Crippen LogP contribution in [0.1, 0.15) is 30.0 Å². The average Bonchev–Trinajstić information content (AvgIpc) is 2.28. The lowest BCUT2D eigenvalue weighted by Crippen LogP contribution is -2.18. The van der Waals surface area contributed by atoms with Crippen LogP contribution in [0.2, 0.25) is 0 Å². The van der Waals surface area contributed by atoms with E-state index in [4.69, 9.17) is 15.2 Å². The zero-order valence-corrected chi connectivity index (χ0v) is 9.25. The second-order valence-corrected chi connectivity index (χ2v) is 3.87. The zero-order valence-electron chi connectivity index (χ0n) is 9.25. The first-order valence-corrected chi connectivity index (χ1v) is 5.27. The molecule has 0 fully saturated rings. The number of methoxy groups -OCH3 is 2. The number of benzene rings is 1. The first-order valence-electron chi connectivity index (χ1n) is 5.27. The maximum atomic E-state index is 6.07. The second-order valence-electron chi connectivity index (χ2n) is 3.87. The predicted molar refractivity (Wildman–Crippen MR) is 59.4 cm³/mol. The molecule has 2 rings (SSSR count). The minimum absolute atomic E-state index is 0.147. The zero-order chi connectivity index (χ0) is 10.8. The first kappa shape index (κ1) is 10.3. The van der Waals surface area contributed by atoms with Gasteiger partial charge in [-0.2, -0.15) is 0 Å². The smallest absolute Gasteiger partial charge is 0.164 e. The monoisotopic (exact) mass is 207 g/mol. The molecule has 15 heavy (non-hydrogen) atoms. The maximum Gasteiger partial charge on any atom is 0.164 e. The Hall–Kier alpha value is -1.22. The number of hydrogen-bond acceptors (Lipinski definition) is 3. The van der Waals surface area contributed by atoms with Gasteiger partial charge in [0.05, 0.1) is 14.2 Å². The molecule has 0 aliphatic heterocycles. The van der Waals surface area contributed by atoms with E-state index in [-0.39, 0.29) is 6.04 Å². The van der Waals surface area contributed by atoms with Crippen molar-refractivity contribution in [2.24, 2.45) is 5.73 Å². The maximum absolute atomic E-state index is 6.07. The van der Waals surface area contributed by atoms with Crippen molar-refractivity contribution in [3.05, 3.63) is 23.3 Å². The number of ether oxygens (including phenoxy) is 2. The minimum atomic E-state index is 0.147. The van der Waals surface area contributed by atoms with Crippen LogP contribution in [0.3, 0.4) is 0 Å². The summed E-state index contributed by atoms with van der Waals surface area (Å²) in [5, 5.41) is 0. The molecule has 1 unspecified atom stereocenters. The molecule has 1 aromatic rings. The molecule has 1 aromatic carbocycles. The van der Waals surface area contributed by atoms with Crippen molar-refractivity contribution < 1.29 is 9.47 Å². The predicted octanol–water partition coefficient (Wildman–Crippen LogP) is 2.04. The van der Waals surface area contributed by atoms with E-state index >= 15 is 0 Å². The van der Waals surface area contributed by atoms with Crippen LogP contribution in [0.5, 0.6) is 11.5 Å². The Bertz CT molecular complexity index is 363. The largest absolute Gasteiger partial charge is 0.493 e. The van der Waals surface area contributed by atoms with Crippen molar-refractivity contribution in [1.82, 2.24) is 0 Å². The molecule has 1 aliphatic carbocycles. The van der Waals surface area contributed by atoms with Crippen molar-refractivity contribution in [1.29, 1.82) is 0 Å². The van der Waals surface area contributed by atoms with Gasteiger partial charge in [-0.1, -0.05) is 6.07 Å². The molecule has 1 atom stereocenters. The van der Waals surface area contributed by atoms with E-state index in [1.54, 1.807) is 14.2 Å². The molecule has 0 bridgehead atoms. The molecular formula is C12H17NO2. The van der Waals surface area contributed by atoms with Gasteiger partial charge in [0, 0.05) is 11.6 Å². The molecule has 0 saturated carbocycles. The van der Waals surface area contributed by atoms with Crippen molar-refractivity contribution in [2.45, 2.75) is 25.3 Å². The quantitative estimate of drug-likeness (QED) is 0.807. The Kier molecular flexibility index (Phi) is 2.82. The van der Waals surface area contributed by atoms with E-state index in [2.05, 4.69) is 6.07 Å². The van der Waals surface area contributed by atoms with Crippen molar-refractivity contribution in [3.8, 4) is 11.5 Å². The third kappa shape index (κ3) is 1.67. The van der Waals surface area contributed by atoms with Gasteiger partial charge in [0.15, 0.2) is 11.5 Å². The molecule has 1 aliphatic rings. The highest BCUT2D eigenvalue weighted by Gasteiger charge is 2.22. The van der Waals surface area contributed by atoms with Gasteiger partial charge >= 0.3 is 0 Å². The Labute approximate surface area is 90.2 Å². The van der Waals surface area contributed by atoms with Crippen LogP contribution < -0.4 is 15.2 Å². The fraction of sp³-hybridized carbons (Fsp3) is 0.500. The van der Waals surface area contributed by atoms with Crippen LogP contribution in [-0.2, 0) is 6.42 Å². The molecule has 3 heteroatoms. The fourth-order valence-corrected chi connectivity index (χ4v) is 2.27. The van der Waals surface area contributed by atoms with E-state index in [0.717, 1.165) is 30.8 Å². The van der Waals surface area contributed by atoms with Crippen LogP contribution in [0.25, 0.3) is 0 Å². The topological polar surface area (TPSA) is 44.5 Å². The van der Waals surface area contributed by atoms with Crippen molar-refractivity contribution >= 4 is 0 Å². The molecule has 0 radical (unpaired) electrons. The number of hydrogen-bond donors (Lipinski definition) is 1. The first-order chi connectivity index (χ1) is 7.27. The van der Waals surface area contributed by atoms with E-state index < -0.39 is 0 Å². The van der Waals surface area contributed by atoms with Crippen LogP contribution in [0, 0.1) is 0 Å². The summed E-state index contributed by atoms with van der Waals surface area (Å²) in [7, 11) is 3.34. The average molecular weight is 207 g/mol. The summed E-state index contributed by atoms with van der Waals surface area (Å²) in [5.41, 5.74) is 8.49. The highest BCUT2D eigenvalue weighted by Crippen LogP contribution is 2.39. The van der Waals surface area contributed by atoms with E-state index in [1.807, 2.05) is 6.07 Å². The summed E-state index contributed by atoms with van der Waals surface area (Å²) < 4.78 is 10.7. The highest BCUT2D eigenvalue weighted by atomic mass is 16.5. The number of rotatable bonds is 2. The molecule has 2 N–H and O–H groups in total. The molecule has 82 valence electrons. The molecule has 0 amide bonds. The Morgan fingerprint density at radius 3 is 2.73 bits per heavy atom. The lowest BCUT2D eigenvalue weighted by molar-refractivity contribution is 0.348. The van der Waals surface area contributed by atoms with Gasteiger partial charge in [-0.05, 0) is 30.9 Å². The Morgan fingerprint density at radius 1 is 1.27 bits per heavy atom. The highest BCUT2D eigenvalue weighted by molar-refractivity contribution is 5.52. The third-order valence-corrected chi connectivity index (χ3v) is 3.03. The van der Waals surface area contributed by atoms with Crippen LogP contribution in [0.4, 0.5) is 0 Å². The van der Waals surface area contributed by atoms with Crippen LogP contribution in [-0.4, -0.2) is 14.2 Å². The summed E-state index contributed by atoms with van der Waals surface area (Å²) in [6.07, 6.45) is 3.21. The summed E-state index contributed by atoms with van der Waals surface area (Å²) in [5.74, 6) is 1.65. The summed E-state index contributed by atoms with van der Waals surface area (Å²) >= 11 is 0. The van der Waals surface area contributed by atoms with Gasteiger partial charge in [0.25, 0.3) is 0 Å². The molecular weight excluding hydrogens is 190 g/mol. The van der Waals surface area contributed by atoms with Crippen LogP contribution in [0.15, 0.2) is 12.1 Å². The van der Waals surface area contributed by atoms with Gasteiger partial charge < -0.3 is 15.2 Å². The third-order valence-electron chi connectivity index (χ3n) is 3.03. The van der Waals surface area contributed by atoms with Gasteiger partial charge in [-0.3, -0.25) is 0 Å². The normalized spacial score (nSPS) is 19.5. The lowest BCUT2D eigenvalue weighted by atomic mass is 9.87. The van der Waals surface area contributed by atoms with Gasteiger partial charge in [0.2, 0.25) is 0 Å². The number of nitrogens with two attached hydrogens (primary N) is 1. The number of fused-ring (bicyclic) bond motifs is 1. The molecule has 0 heterocycles. The van der Waals surface area contributed by atoms with Crippen LogP contribution >= 0.6 is 0 Å². The van der Waals surface area contributed by atoms with E-state index in [0.29, 0.717) is 0 Å². The van der Waals surface area contributed by atoms with Crippen molar-refractivity contribution in [3.63, 3.8) is 0 Å².